The second-order valence-corrected chi connectivity index (χ2v) is 9.35. The van der Waals surface area contributed by atoms with Crippen LogP contribution in [-0.2, 0) is 20.9 Å². The summed E-state index contributed by atoms with van der Waals surface area (Å²) in [5, 5.41) is 0.985. The molecule has 1 aliphatic heterocycles. The molecule has 4 rings (SSSR count). The number of fused-ring (bicyclic) bond motifs is 2. The van der Waals surface area contributed by atoms with Crippen molar-refractivity contribution in [2.24, 2.45) is 5.73 Å². The van der Waals surface area contributed by atoms with Crippen LogP contribution in [0.3, 0.4) is 0 Å². The van der Waals surface area contributed by atoms with E-state index >= 15 is 0 Å². The first kappa shape index (κ1) is 24.7. The fourth-order valence-electron chi connectivity index (χ4n) is 3.82. The van der Waals surface area contributed by atoms with Crippen LogP contribution in [0, 0.1) is 0 Å². The number of hydrogen-bond acceptors (Lipinski definition) is 7. The Morgan fingerprint density at radius 1 is 1.20 bits per heavy atom. The van der Waals surface area contributed by atoms with E-state index in [2.05, 4.69) is 4.98 Å². The summed E-state index contributed by atoms with van der Waals surface area (Å²) in [4.78, 5) is 44.4. The van der Waals surface area contributed by atoms with Crippen molar-refractivity contribution in [3.63, 3.8) is 0 Å². The van der Waals surface area contributed by atoms with E-state index in [1.54, 1.807) is 47.0 Å². The number of rotatable bonds is 9. The highest BCUT2D eigenvalue weighted by molar-refractivity contribution is 7.99. The van der Waals surface area contributed by atoms with Gasteiger partial charge in [0, 0.05) is 13.2 Å². The van der Waals surface area contributed by atoms with Crippen LogP contribution in [0.1, 0.15) is 20.3 Å². The molecule has 10 heteroatoms. The Morgan fingerprint density at radius 3 is 2.71 bits per heavy atom. The third kappa shape index (κ3) is 5.66. The maximum atomic E-state index is 13.3. The summed E-state index contributed by atoms with van der Waals surface area (Å²) in [6, 6.07) is 14.2. The van der Waals surface area contributed by atoms with E-state index in [1.807, 2.05) is 19.9 Å². The minimum absolute atomic E-state index is 0.0209. The number of para-hydroxylation sites is 3. The fourth-order valence-corrected chi connectivity index (χ4v) is 4.72. The summed E-state index contributed by atoms with van der Waals surface area (Å²) < 4.78 is 12.9. The van der Waals surface area contributed by atoms with E-state index in [9.17, 15) is 14.4 Å². The lowest BCUT2D eigenvalue weighted by atomic mass is 10.2. The zero-order chi connectivity index (χ0) is 24.9. The van der Waals surface area contributed by atoms with Crippen molar-refractivity contribution in [3.05, 3.63) is 58.9 Å². The number of primary amides is 1. The van der Waals surface area contributed by atoms with Crippen LogP contribution >= 0.6 is 11.8 Å². The van der Waals surface area contributed by atoms with Gasteiger partial charge < -0.3 is 20.1 Å². The van der Waals surface area contributed by atoms with Crippen molar-refractivity contribution >= 4 is 40.2 Å². The second kappa shape index (κ2) is 10.9. The Kier molecular flexibility index (Phi) is 7.72. The Hall–Kier alpha value is -3.37. The maximum Gasteiger partial charge on any atom is 0.262 e. The number of hydrogen-bond donors (Lipinski definition) is 1. The molecule has 2 amide bonds. The summed E-state index contributed by atoms with van der Waals surface area (Å²) in [6.07, 6.45) is -0.193. The predicted octanol–water partition coefficient (Wildman–Crippen LogP) is 2.58. The van der Waals surface area contributed by atoms with Gasteiger partial charge in [-0.15, -0.1) is 0 Å². The molecule has 0 saturated carbocycles. The van der Waals surface area contributed by atoms with Crippen molar-refractivity contribution in [2.75, 3.05) is 23.8 Å². The molecule has 3 aromatic rings. The molecule has 1 aliphatic rings. The van der Waals surface area contributed by atoms with Crippen LogP contribution in [0.5, 0.6) is 5.75 Å². The highest BCUT2D eigenvalue weighted by Crippen LogP contribution is 2.33. The predicted molar refractivity (Wildman–Crippen MR) is 135 cm³/mol. The molecule has 0 unspecified atom stereocenters. The number of benzene rings is 2. The number of amides is 2. The molecule has 2 heterocycles. The van der Waals surface area contributed by atoms with E-state index in [1.165, 1.54) is 16.7 Å². The lowest BCUT2D eigenvalue weighted by molar-refractivity contribution is -0.125. The van der Waals surface area contributed by atoms with E-state index < -0.39 is 12.0 Å². The summed E-state index contributed by atoms with van der Waals surface area (Å²) in [5.74, 6) is -0.438. The van der Waals surface area contributed by atoms with Gasteiger partial charge in [0.25, 0.3) is 11.5 Å². The zero-order valence-electron chi connectivity index (χ0n) is 19.7. The number of anilines is 1. The molecule has 9 nitrogen and oxygen atoms in total. The molecule has 0 radical (unpaired) electrons. The quantitative estimate of drug-likeness (QED) is 0.275. The summed E-state index contributed by atoms with van der Waals surface area (Å²) in [7, 11) is 0. The first-order chi connectivity index (χ1) is 16.8. The molecular formula is C25H28N4O5S. The molecule has 0 saturated heterocycles. The lowest BCUT2D eigenvalue weighted by Gasteiger charge is -2.33. The zero-order valence-corrected chi connectivity index (χ0v) is 20.5. The molecule has 2 N–H and O–H groups in total. The van der Waals surface area contributed by atoms with Gasteiger partial charge in [-0.05, 0) is 44.5 Å². The Morgan fingerprint density at radius 2 is 1.94 bits per heavy atom. The van der Waals surface area contributed by atoms with Crippen LogP contribution in [0.15, 0.2) is 58.5 Å². The number of carbonyl (C=O) groups excluding carboxylic acids is 2. The van der Waals surface area contributed by atoms with Crippen LogP contribution in [0.2, 0.25) is 0 Å². The van der Waals surface area contributed by atoms with Crippen molar-refractivity contribution < 1.29 is 19.1 Å². The molecule has 0 fully saturated rings. The summed E-state index contributed by atoms with van der Waals surface area (Å²) in [5.41, 5.74) is 6.45. The molecule has 1 atom stereocenters. The van der Waals surface area contributed by atoms with Crippen LogP contribution in [0.4, 0.5) is 5.69 Å². The normalized spacial score (nSPS) is 15.2. The van der Waals surface area contributed by atoms with Crippen molar-refractivity contribution in [2.45, 2.75) is 44.2 Å². The Labute approximate surface area is 207 Å². The van der Waals surface area contributed by atoms with Crippen LogP contribution in [-0.4, -0.2) is 52.5 Å². The lowest BCUT2D eigenvalue weighted by Crippen LogP contribution is -2.49. The molecule has 0 aliphatic carbocycles. The largest absolute Gasteiger partial charge is 0.477 e. The van der Waals surface area contributed by atoms with E-state index in [4.69, 9.17) is 15.2 Å². The third-order valence-electron chi connectivity index (χ3n) is 5.52. The molecule has 0 bridgehead atoms. The molecule has 2 aromatic carbocycles. The van der Waals surface area contributed by atoms with Gasteiger partial charge in [-0.25, -0.2) is 4.98 Å². The van der Waals surface area contributed by atoms with Gasteiger partial charge in [-0.1, -0.05) is 36.0 Å². The average molecular weight is 497 g/mol. The standard InChI is InChI=1S/C25H28N4O5S/c1-16(2)33-13-7-12-28-24(32)17-8-3-4-9-18(17)27-25(28)35-15-22(30)29-14-21(23(26)31)34-20-11-6-5-10-19(20)29/h3-6,8-11,16,21H,7,12-15H2,1-2H3,(H2,26,31)/t21-/m1/s1. The SMILES string of the molecule is CC(C)OCCCn1c(SCC(=O)N2C[C@H](C(N)=O)Oc3ccccc32)nc2ccccc2c1=O. The Balaban J connectivity index is 1.57. The monoisotopic (exact) mass is 496 g/mol. The maximum absolute atomic E-state index is 13.3. The van der Waals surface area contributed by atoms with Gasteiger partial charge in [0.1, 0.15) is 5.75 Å². The van der Waals surface area contributed by atoms with Crippen molar-refractivity contribution in [1.29, 1.82) is 0 Å². The van der Waals surface area contributed by atoms with Crippen LogP contribution < -0.4 is 20.9 Å². The van der Waals surface area contributed by atoms with Gasteiger partial charge in [0.05, 0.1) is 35.0 Å². The number of nitrogens with zero attached hydrogens (tertiary/aromatic N) is 3. The number of nitrogens with two attached hydrogens (primary N) is 1. The molecule has 1 aromatic heterocycles. The number of carbonyl (C=O) groups is 2. The summed E-state index contributed by atoms with van der Waals surface area (Å²) >= 11 is 1.19. The molecule has 35 heavy (non-hydrogen) atoms. The van der Waals surface area contributed by atoms with E-state index in [-0.39, 0.29) is 29.9 Å². The van der Waals surface area contributed by atoms with Gasteiger partial charge in [-0.3, -0.25) is 19.0 Å². The van der Waals surface area contributed by atoms with Gasteiger partial charge in [-0.2, -0.15) is 0 Å². The van der Waals surface area contributed by atoms with E-state index in [0.29, 0.717) is 47.1 Å². The van der Waals surface area contributed by atoms with Crippen molar-refractivity contribution in [3.8, 4) is 5.75 Å². The summed E-state index contributed by atoms with van der Waals surface area (Å²) in [6.45, 7) is 4.88. The topological polar surface area (TPSA) is 117 Å². The average Bonchev–Trinajstić information content (AvgIpc) is 2.85. The first-order valence-corrected chi connectivity index (χ1v) is 12.4. The van der Waals surface area contributed by atoms with Gasteiger partial charge >= 0.3 is 0 Å². The number of ether oxygens (including phenoxy) is 2. The van der Waals surface area contributed by atoms with Gasteiger partial charge in [0.15, 0.2) is 11.3 Å². The number of thioether (sulfide) groups is 1. The second-order valence-electron chi connectivity index (χ2n) is 8.41. The first-order valence-electron chi connectivity index (χ1n) is 11.4. The molecule has 0 spiro atoms. The smallest absolute Gasteiger partial charge is 0.262 e. The fraction of sp³-hybridized carbons (Fsp3) is 0.360. The molecule has 184 valence electrons. The Bertz CT molecular complexity index is 1290. The van der Waals surface area contributed by atoms with E-state index in [0.717, 1.165) is 0 Å². The van der Waals surface area contributed by atoms with Crippen molar-refractivity contribution in [1.82, 2.24) is 9.55 Å². The van der Waals surface area contributed by atoms with Gasteiger partial charge in [0.2, 0.25) is 5.91 Å². The highest BCUT2D eigenvalue weighted by Gasteiger charge is 2.32. The molecular weight excluding hydrogens is 468 g/mol. The van der Waals surface area contributed by atoms with Crippen LogP contribution in [0.25, 0.3) is 10.9 Å². The number of aromatic nitrogens is 2. The highest BCUT2D eigenvalue weighted by atomic mass is 32.2. The minimum Gasteiger partial charge on any atom is -0.477 e. The minimum atomic E-state index is -0.934. The third-order valence-corrected chi connectivity index (χ3v) is 6.48.